The molecule has 2 aliphatic rings. The molecule has 7 heteroatoms. The van der Waals surface area contributed by atoms with Crippen LogP contribution in [0.5, 0.6) is 0 Å². The lowest BCUT2D eigenvalue weighted by molar-refractivity contribution is -0.139. The molecule has 1 aromatic carbocycles. The molecule has 1 saturated carbocycles. The van der Waals surface area contributed by atoms with Gasteiger partial charge < -0.3 is 10.0 Å². The largest absolute Gasteiger partial charge is 0.416 e. The topological polar surface area (TPSA) is 43.8 Å². The molecule has 0 aromatic heterocycles. The Morgan fingerprint density at radius 2 is 1.73 bits per heavy atom. The molecule has 0 unspecified atom stereocenters. The van der Waals surface area contributed by atoms with Crippen LogP contribution in [0, 0.1) is 5.92 Å². The summed E-state index contributed by atoms with van der Waals surface area (Å²) in [7, 11) is 0. The molecule has 26 heavy (non-hydrogen) atoms. The molecule has 1 aliphatic heterocycles. The summed E-state index contributed by atoms with van der Waals surface area (Å²) in [4.78, 5) is 16.6. The van der Waals surface area contributed by atoms with Gasteiger partial charge in [0.15, 0.2) is 0 Å². The average molecular weight is 370 g/mol. The number of aliphatic hydroxyl groups excluding tert-OH is 1. The van der Waals surface area contributed by atoms with Crippen LogP contribution >= 0.6 is 0 Å². The van der Waals surface area contributed by atoms with Crippen molar-refractivity contribution in [1.29, 1.82) is 0 Å². The Bertz CT molecular complexity index is 610. The Labute approximate surface area is 151 Å². The molecular weight excluding hydrogens is 345 g/mol. The third kappa shape index (κ3) is 4.76. The number of amides is 1. The lowest BCUT2D eigenvalue weighted by Crippen LogP contribution is -2.50. The van der Waals surface area contributed by atoms with Crippen LogP contribution in [-0.4, -0.2) is 53.1 Å². The molecule has 1 heterocycles. The van der Waals surface area contributed by atoms with Gasteiger partial charge in [0, 0.05) is 38.6 Å². The summed E-state index contributed by atoms with van der Waals surface area (Å²) in [6.45, 7) is 3.27. The molecular formula is C19H25F3N2O2. The maximum Gasteiger partial charge on any atom is 0.416 e. The van der Waals surface area contributed by atoms with E-state index in [-0.39, 0.29) is 17.9 Å². The molecule has 3 rings (SSSR count). The van der Waals surface area contributed by atoms with Crippen molar-refractivity contribution < 1.29 is 23.1 Å². The zero-order chi connectivity index (χ0) is 18.7. The summed E-state index contributed by atoms with van der Waals surface area (Å²) in [6.07, 6.45) is -1.58. The lowest BCUT2D eigenvalue weighted by Gasteiger charge is -2.37. The number of rotatable bonds is 3. The Balaban J connectivity index is 1.48. The number of hydrogen-bond donors (Lipinski definition) is 1. The van der Waals surface area contributed by atoms with Gasteiger partial charge in [0.05, 0.1) is 11.7 Å². The van der Waals surface area contributed by atoms with Crippen LogP contribution in [0.3, 0.4) is 0 Å². The Hall–Kier alpha value is -1.60. The molecule has 1 amide bonds. The number of alkyl halides is 3. The van der Waals surface area contributed by atoms with Crippen LogP contribution in [0.15, 0.2) is 24.3 Å². The molecule has 1 N–H and O–H groups in total. The van der Waals surface area contributed by atoms with Gasteiger partial charge in [0.1, 0.15) is 0 Å². The zero-order valence-electron chi connectivity index (χ0n) is 14.7. The third-order valence-electron chi connectivity index (χ3n) is 5.37. The maximum atomic E-state index is 12.6. The second-order valence-corrected chi connectivity index (χ2v) is 7.31. The first-order valence-electron chi connectivity index (χ1n) is 9.18. The predicted molar refractivity (Wildman–Crippen MR) is 91.3 cm³/mol. The number of carbonyl (C=O) groups excluding carboxylic acids is 1. The van der Waals surface area contributed by atoms with Crippen LogP contribution in [0.4, 0.5) is 13.2 Å². The van der Waals surface area contributed by atoms with Gasteiger partial charge >= 0.3 is 6.18 Å². The van der Waals surface area contributed by atoms with Crippen molar-refractivity contribution in [2.75, 3.05) is 26.2 Å². The molecule has 1 saturated heterocycles. The molecule has 144 valence electrons. The summed E-state index contributed by atoms with van der Waals surface area (Å²) >= 11 is 0. The van der Waals surface area contributed by atoms with E-state index in [1.165, 1.54) is 12.1 Å². The molecule has 1 aromatic rings. The summed E-state index contributed by atoms with van der Waals surface area (Å²) in [5, 5.41) is 9.75. The highest BCUT2D eigenvalue weighted by molar-refractivity contribution is 5.79. The van der Waals surface area contributed by atoms with E-state index >= 15 is 0 Å². The lowest BCUT2D eigenvalue weighted by atomic mass is 9.86. The van der Waals surface area contributed by atoms with Gasteiger partial charge in [-0.2, -0.15) is 13.2 Å². The average Bonchev–Trinajstić information content (AvgIpc) is 2.61. The normalized spacial score (nSPS) is 25.3. The fourth-order valence-corrected chi connectivity index (χ4v) is 3.83. The SMILES string of the molecule is O=C([C@@H]1CCC[C@H](O)C1)N1CCN(Cc2ccc(C(F)(F)F)cc2)CC1. The van der Waals surface area contributed by atoms with Gasteiger partial charge in [-0.1, -0.05) is 18.6 Å². The second-order valence-electron chi connectivity index (χ2n) is 7.31. The van der Waals surface area contributed by atoms with Crippen LogP contribution in [0.2, 0.25) is 0 Å². The fourth-order valence-electron chi connectivity index (χ4n) is 3.83. The van der Waals surface area contributed by atoms with E-state index in [0.29, 0.717) is 39.1 Å². The summed E-state index contributed by atoms with van der Waals surface area (Å²) in [5.74, 6) is 0.0677. The quantitative estimate of drug-likeness (QED) is 0.890. The first-order valence-corrected chi connectivity index (χ1v) is 9.18. The number of benzene rings is 1. The van der Waals surface area contributed by atoms with Crippen molar-refractivity contribution in [2.45, 2.75) is 44.5 Å². The van der Waals surface area contributed by atoms with Crippen LogP contribution in [-0.2, 0) is 17.5 Å². The van der Waals surface area contributed by atoms with E-state index in [1.807, 2.05) is 4.90 Å². The standard InChI is InChI=1S/C19H25F3N2O2/c20-19(21,22)16-6-4-14(5-7-16)13-23-8-10-24(11-9-23)18(26)15-2-1-3-17(25)12-15/h4-7,15,17,25H,1-3,8-13H2/t15-,17+/m1/s1. The van der Waals surface area contributed by atoms with E-state index in [1.54, 1.807) is 0 Å². The smallest absolute Gasteiger partial charge is 0.393 e. The van der Waals surface area contributed by atoms with Gasteiger partial charge in [-0.25, -0.2) is 0 Å². The van der Waals surface area contributed by atoms with Crippen molar-refractivity contribution in [2.24, 2.45) is 5.92 Å². The number of hydrogen-bond acceptors (Lipinski definition) is 3. The van der Waals surface area contributed by atoms with Gasteiger partial charge in [0.25, 0.3) is 0 Å². The molecule has 0 radical (unpaired) electrons. The van der Waals surface area contributed by atoms with E-state index in [2.05, 4.69) is 4.90 Å². The minimum Gasteiger partial charge on any atom is -0.393 e. The van der Waals surface area contributed by atoms with Gasteiger partial charge in [-0.05, 0) is 37.0 Å². The van der Waals surface area contributed by atoms with E-state index < -0.39 is 11.7 Å². The van der Waals surface area contributed by atoms with E-state index in [4.69, 9.17) is 0 Å². The number of carbonyl (C=O) groups is 1. The second kappa shape index (κ2) is 7.96. The number of halogens is 3. The van der Waals surface area contributed by atoms with Gasteiger partial charge in [-0.15, -0.1) is 0 Å². The molecule has 0 spiro atoms. The van der Waals surface area contributed by atoms with Crippen LogP contribution in [0.25, 0.3) is 0 Å². The molecule has 2 fully saturated rings. The Kier molecular flexibility index (Phi) is 5.87. The molecule has 0 bridgehead atoms. The minimum atomic E-state index is -4.31. The van der Waals surface area contributed by atoms with Crippen molar-refractivity contribution in [3.8, 4) is 0 Å². The minimum absolute atomic E-state index is 0.0692. The van der Waals surface area contributed by atoms with Gasteiger partial charge in [-0.3, -0.25) is 9.69 Å². The molecule has 4 nitrogen and oxygen atoms in total. The van der Waals surface area contributed by atoms with Crippen molar-refractivity contribution in [3.05, 3.63) is 35.4 Å². The fraction of sp³-hybridized carbons (Fsp3) is 0.632. The maximum absolute atomic E-state index is 12.6. The first kappa shape index (κ1) is 19.2. The first-order chi connectivity index (χ1) is 12.3. The van der Waals surface area contributed by atoms with E-state index in [0.717, 1.165) is 37.0 Å². The van der Waals surface area contributed by atoms with Crippen molar-refractivity contribution in [1.82, 2.24) is 9.80 Å². The predicted octanol–water partition coefficient (Wildman–Crippen LogP) is 2.90. The molecule has 2 atom stereocenters. The highest BCUT2D eigenvalue weighted by atomic mass is 19.4. The zero-order valence-corrected chi connectivity index (χ0v) is 14.7. The summed E-state index contributed by atoms with van der Waals surface area (Å²) in [5.41, 5.74) is 0.208. The van der Waals surface area contributed by atoms with E-state index in [9.17, 15) is 23.1 Å². The number of nitrogens with zero attached hydrogens (tertiary/aromatic N) is 2. The van der Waals surface area contributed by atoms with Gasteiger partial charge in [0.2, 0.25) is 5.91 Å². The third-order valence-corrected chi connectivity index (χ3v) is 5.37. The van der Waals surface area contributed by atoms with Crippen molar-refractivity contribution in [3.63, 3.8) is 0 Å². The Morgan fingerprint density at radius 1 is 1.08 bits per heavy atom. The number of piperazine rings is 1. The summed E-state index contributed by atoms with van der Waals surface area (Å²) in [6, 6.07) is 5.26. The summed E-state index contributed by atoms with van der Waals surface area (Å²) < 4.78 is 37.8. The monoisotopic (exact) mass is 370 g/mol. The molecule has 1 aliphatic carbocycles. The highest BCUT2D eigenvalue weighted by Gasteiger charge is 2.32. The van der Waals surface area contributed by atoms with Crippen LogP contribution < -0.4 is 0 Å². The number of aliphatic hydroxyl groups is 1. The van der Waals surface area contributed by atoms with Crippen LogP contribution in [0.1, 0.15) is 36.8 Å². The highest BCUT2D eigenvalue weighted by Crippen LogP contribution is 2.29. The Morgan fingerprint density at radius 3 is 2.31 bits per heavy atom. The van der Waals surface area contributed by atoms with Crippen molar-refractivity contribution >= 4 is 5.91 Å².